The first-order valence-electron chi connectivity index (χ1n) is 8.45. The Morgan fingerprint density at radius 3 is 2.30 bits per heavy atom. The molecule has 104 valence electrons. The average molecular weight is 289 g/mol. The Bertz CT molecular complexity index is 679. The molecule has 3 aliphatic rings. The SMILES string of the molecule is Cl.[2H]C([2H])([2H])NCC12CCC(c3ccccc31)c1ccccc12. The van der Waals surface area contributed by atoms with E-state index in [1.807, 2.05) is 0 Å². The van der Waals surface area contributed by atoms with Gasteiger partial charge in [-0.3, -0.25) is 0 Å². The maximum absolute atomic E-state index is 7.52. The van der Waals surface area contributed by atoms with Crippen LogP contribution in [-0.2, 0) is 5.41 Å². The van der Waals surface area contributed by atoms with Gasteiger partial charge in [-0.05, 0) is 42.1 Å². The molecule has 3 aliphatic carbocycles. The second kappa shape index (κ2) is 4.91. The first-order chi connectivity index (χ1) is 10.5. The minimum atomic E-state index is -2.10. The molecule has 0 amide bonds. The van der Waals surface area contributed by atoms with Gasteiger partial charge < -0.3 is 5.32 Å². The van der Waals surface area contributed by atoms with E-state index in [-0.39, 0.29) is 17.8 Å². The molecular formula is C18H20ClN. The van der Waals surface area contributed by atoms with Crippen molar-refractivity contribution in [2.75, 3.05) is 13.5 Å². The van der Waals surface area contributed by atoms with Gasteiger partial charge in [-0.1, -0.05) is 48.5 Å². The van der Waals surface area contributed by atoms with Crippen LogP contribution in [-0.4, -0.2) is 13.5 Å². The molecule has 0 heterocycles. The molecule has 0 saturated heterocycles. The highest BCUT2D eigenvalue weighted by Crippen LogP contribution is 2.55. The molecular weight excluding hydrogens is 266 g/mol. The van der Waals surface area contributed by atoms with Crippen molar-refractivity contribution in [2.24, 2.45) is 0 Å². The van der Waals surface area contributed by atoms with Crippen LogP contribution < -0.4 is 5.32 Å². The zero-order chi connectivity index (χ0) is 15.4. The fourth-order valence-corrected chi connectivity index (χ4v) is 4.19. The van der Waals surface area contributed by atoms with Crippen LogP contribution in [0.1, 0.15) is 45.1 Å². The fourth-order valence-electron chi connectivity index (χ4n) is 4.19. The van der Waals surface area contributed by atoms with Gasteiger partial charge >= 0.3 is 0 Å². The molecule has 0 spiro atoms. The van der Waals surface area contributed by atoms with Gasteiger partial charge in [-0.15, -0.1) is 12.4 Å². The van der Waals surface area contributed by atoms with Crippen molar-refractivity contribution < 1.29 is 4.11 Å². The van der Waals surface area contributed by atoms with Gasteiger partial charge in [-0.25, -0.2) is 0 Å². The lowest BCUT2D eigenvalue weighted by Crippen LogP contribution is -2.46. The summed E-state index contributed by atoms with van der Waals surface area (Å²) >= 11 is 0. The second-order valence-electron chi connectivity index (χ2n) is 5.70. The van der Waals surface area contributed by atoms with Crippen molar-refractivity contribution in [2.45, 2.75) is 24.2 Å². The van der Waals surface area contributed by atoms with Gasteiger partial charge in [-0.2, -0.15) is 0 Å². The Morgan fingerprint density at radius 2 is 1.70 bits per heavy atom. The molecule has 0 aliphatic heterocycles. The minimum absolute atomic E-state index is 0. The third kappa shape index (κ3) is 1.60. The zero-order valence-electron chi connectivity index (χ0n) is 14.2. The van der Waals surface area contributed by atoms with Crippen LogP contribution in [0.2, 0.25) is 0 Å². The van der Waals surface area contributed by atoms with E-state index in [2.05, 4.69) is 53.8 Å². The number of fused-ring (bicyclic) bond motifs is 1. The third-order valence-corrected chi connectivity index (χ3v) is 4.95. The highest BCUT2D eigenvalue weighted by atomic mass is 35.5. The highest BCUT2D eigenvalue weighted by molar-refractivity contribution is 5.85. The van der Waals surface area contributed by atoms with E-state index in [1.54, 1.807) is 0 Å². The van der Waals surface area contributed by atoms with Crippen LogP contribution in [0.25, 0.3) is 0 Å². The molecule has 0 unspecified atom stereocenters. The predicted octanol–water partition coefficient (Wildman–Crippen LogP) is 3.85. The van der Waals surface area contributed by atoms with Gasteiger partial charge in [0.25, 0.3) is 0 Å². The molecule has 0 atom stereocenters. The standard InChI is InChI=1S/C18H19N.ClH/c1-19-12-18-11-10-13(14-6-2-4-8-16(14)18)15-7-3-5-9-17(15)18;/h2-9,13,19H,10-12H2,1H3;1H/i1D3;. The van der Waals surface area contributed by atoms with Gasteiger partial charge in [0.1, 0.15) is 0 Å². The molecule has 2 heteroatoms. The summed E-state index contributed by atoms with van der Waals surface area (Å²) in [6, 6.07) is 17.1. The van der Waals surface area contributed by atoms with Crippen molar-refractivity contribution in [3.8, 4) is 0 Å². The lowest BCUT2D eigenvalue weighted by molar-refractivity contribution is 0.362. The van der Waals surface area contributed by atoms with E-state index in [1.165, 1.54) is 22.3 Å². The molecule has 20 heavy (non-hydrogen) atoms. The van der Waals surface area contributed by atoms with Gasteiger partial charge in [0, 0.05) is 22.0 Å². The molecule has 0 fully saturated rings. The summed E-state index contributed by atoms with van der Waals surface area (Å²) in [5.74, 6) is 0.460. The topological polar surface area (TPSA) is 12.0 Å². The number of halogens is 1. The average Bonchev–Trinajstić information content (AvgIpc) is 2.53. The van der Waals surface area contributed by atoms with E-state index in [0.717, 1.165) is 12.8 Å². The lowest BCUT2D eigenvalue weighted by Gasteiger charge is -2.49. The third-order valence-electron chi connectivity index (χ3n) is 4.95. The van der Waals surface area contributed by atoms with Crippen LogP contribution in [0.3, 0.4) is 0 Å². The summed E-state index contributed by atoms with van der Waals surface area (Å²) in [6.07, 6.45) is 2.10. The van der Waals surface area contributed by atoms with Crippen molar-refractivity contribution >= 4 is 12.4 Å². The summed E-state index contributed by atoms with van der Waals surface area (Å²) in [6.45, 7) is -1.64. The number of rotatable bonds is 2. The lowest BCUT2D eigenvalue weighted by atomic mass is 9.55. The molecule has 0 aromatic heterocycles. The zero-order valence-corrected chi connectivity index (χ0v) is 12.0. The Balaban J connectivity index is 0.00000156. The number of likely N-dealkylation sites (N-methyl/N-ethyl adjacent to an activating group) is 1. The van der Waals surface area contributed by atoms with E-state index in [0.29, 0.717) is 12.5 Å². The van der Waals surface area contributed by atoms with Gasteiger partial charge in [0.15, 0.2) is 0 Å². The number of hydrogen-bond acceptors (Lipinski definition) is 1. The highest BCUT2D eigenvalue weighted by Gasteiger charge is 2.47. The maximum atomic E-state index is 7.52. The van der Waals surface area contributed by atoms with E-state index >= 15 is 0 Å². The summed E-state index contributed by atoms with van der Waals surface area (Å²) < 4.78 is 22.5. The number of nitrogens with one attached hydrogen (secondary N) is 1. The smallest absolute Gasteiger partial charge is 0.0391 e. The monoisotopic (exact) mass is 288 g/mol. The number of benzene rings is 2. The van der Waals surface area contributed by atoms with Crippen LogP contribution in [0.15, 0.2) is 48.5 Å². The van der Waals surface area contributed by atoms with Gasteiger partial charge in [0.05, 0.1) is 0 Å². The van der Waals surface area contributed by atoms with E-state index in [9.17, 15) is 0 Å². The van der Waals surface area contributed by atoms with E-state index < -0.39 is 6.98 Å². The molecule has 2 bridgehead atoms. The summed E-state index contributed by atoms with van der Waals surface area (Å²) in [7, 11) is 0. The predicted molar refractivity (Wildman–Crippen MR) is 85.9 cm³/mol. The fraction of sp³-hybridized carbons (Fsp3) is 0.333. The summed E-state index contributed by atoms with van der Waals surface area (Å²) in [4.78, 5) is 0. The van der Waals surface area contributed by atoms with Crippen LogP contribution in [0.5, 0.6) is 0 Å². The van der Waals surface area contributed by atoms with Crippen molar-refractivity contribution in [3.63, 3.8) is 0 Å². The molecule has 0 radical (unpaired) electrons. The molecule has 5 rings (SSSR count). The molecule has 0 saturated carbocycles. The second-order valence-corrected chi connectivity index (χ2v) is 5.70. The molecule has 1 N–H and O–H groups in total. The molecule has 2 aromatic rings. The van der Waals surface area contributed by atoms with Crippen LogP contribution in [0.4, 0.5) is 0 Å². The molecule has 1 nitrogen and oxygen atoms in total. The van der Waals surface area contributed by atoms with Crippen LogP contribution >= 0.6 is 12.4 Å². The maximum Gasteiger partial charge on any atom is 0.0391 e. The van der Waals surface area contributed by atoms with Crippen molar-refractivity contribution in [3.05, 3.63) is 70.8 Å². The van der Waals surface area contributed by atoms with E-state index in [4.69, 9.17) is 4.11 Å². The van der Waals surface area contributed by atoms with Crippen LogP contribution in [0, 0.1) is 0 Å². The summed E-state index contributed by atoms with van der Waals surface area (Å²) in [5.41, 5.74) is 5.15. The Hall–Kier alpha value is -1.31. The quantitative estimate of drug-likeness (QED) is 0.885. The minimum Gasteiger partial charge on any atom is -0.319 e. The Labute approximate surface area is 131 Å². The number of hydrogen-bond donors (Lipinski definition) is 1. The van der Waals surface area contributed by atoms with Crippen molar-refractivity contribution in [1.29, 1.82) is 0 Å². The molecule has 2 aromatic carbocycles. The Kier molecular flexibility index (Phi) is 2.56. The van der Waals surface area contributed by atoms with Gasteiger partial charge in [0.2, 0.25) is 0 Å². The largest absolute Gasteiger partial charge is 0.319 e. The first kappa shape index (κ1) is 10.4. The van der Waals surface area contributed by atoms with Crippen molar-refractivity contribution in [1.82, 2.24) is 5.32 Å². The Morgan fingerprint density at radius 1 is 1.10 bits per heavy atom. The first-order valence-corrected chi connectivity index (χ1v) is 6.95. The normalized spacial score (nSPS) is 28.4. The summed E-state index contributed by atoms with van der Waals surface area (Å²) in [5, 5.41) is 2.79.